The van der Waals surface area contributed by atoms with Crippen LogP contribution in [-0.4, -0.2) is 34.5 Å². The number of halogens is 2. The summed E-state index contributed by atoms with van der Waals surface area (Å²) in [6.07, 6.45) is 1.22. The van der Waals surface area contributed by atoms with Gasteiger partial charge in [-0.25, -0.2) is 4.79 Å². The number of hydrogen-bond donors (Lipinski definition) is 1. The molecule has 1 aromatic rings. The Morgan fingerprint density at radius 2 is 2.17 bits per heavy atom. The molecule has 0 aromatic heterocycles. The third kappa shape index (κ3) is 2.52. The average molecular weight is 333 g/mol. The summed E-state index contributed by atoms with van der Waals surface area (Å²) in [4.78, 5) is 24.7. The Bertz CT molecular complexity index is 506. The molecule has 1 aromatic carbocycles. The van der Waals surface area contributed by atoms with Crippen molar-refractivity contribution in [3.8, 4) is 0 Å². The highest BCUT2D eigenvalue weighted by Gasteiger charge is 2.34. The molecule has 0 bridgehead atoms. The van der Waals surface area contributed by atoms with Gasteiger partial charge >= 0.3 is 5.97 Å². The highest BCUT2D eigenvalue weighted by Crippen LogP contribution is 2.26. The molecule has 1 N–H and O–H groups in total. The number of amides is 1. The summed E-state index contributed by atoms with van der Waals surface area (Å²) in [7, 11) is 0. The number of carboxylic acids is 1. The van der Waals surface area contributed by atoms with Gasteiger partial charge in [-0.3, -0.25) is 4.79 Å². The van der Waals surface area contributed by atoms with Gasteiger partial charge in [0.25, 0.3) is 5.91 Å². The first-order valence-electron chi connectivity index (χ1n) is 5.49. The van der Waals surface area contributed by atoms with Gasteiger partial charge in [-0.05, 0) is 47.0 Å². The molecule has 0 radical (unpaired) electrons. The van der Waals surface area contributed by atoms with E-state index in [2.05, 4.69) is 15.9 Å². The zero-order valence-electron chi connectivity index (χ0n) is 9.40. The highest BCUT2D eigenvalue weighted by molar-refractivity contribution is 9.10. The van der Waals surface area contributed by atoms with Gasteiger partial charge in [-0.1, -0.05) is 11.6 Å². The van der Waals surface area contributed by atoms with Crippen LogP contribution in [0.15, 0.2) is 22.7 Å². The van der Waals surface area contributed by atoms with Gasteiger partial charge < -0.3 is 10.0 Å². The van der Waals surface area contributed by atoms with Crippen LogP contribution >= 0.6 is 27.5 Å². The summed E-state index contributed by atoms with van der Waals surface area (Å²) >= 11 is 9.08. The van der Waals surface area contributed by atoms with Crippen LogP contribution in [0.4, 0.5) is 0 Å². The van der Waals surface area contributed by atoms with E-state index in [1.54, 1.807) is 18.2 Å². The lowest BCUT2D eigenvalue weighted by molar-refractivity contribution is -0.141. The summed E-state index contributed by atoms with van der Waals surface area (Å²) in [5, 5.41) is 9.59. The van der Waals surface area contributed by atoms with Crippen molar-refractivity contribution in [2.24, 2.45) is 0 Å². The van der Waals surface area contributed by atoms with E-state index in [9.17, 15) is 9.59 Å². The Labute approximate surface area is 118 Å². The third-order valence-corrected chi connectivity index (χ3v) is 3.85. The average Bonchev–Trinajstić information content (AvgIpc) is 2.77. The van der Waals surface area contributed by atoms with Crippen LogP contribution in [0.3, 0.4) is 0 Å². The first-order valence-corrected chi connectivity index (χ1v) is 6.66. The maximum atomic E-state index is 12.3. The summed E-state index contributed by atoms with van der Waals surface area (Å²) in [6, 6.07) is 4.12. The van der Waals surface area contributed by atoms with E-state index in [0.29, 0.717) is 34.4 Å². The SMILES string of the molecule is O=C(O)C1CCCN1C(=O)c1ccc(Cl)cc1Br. The summed E-state index contributed by atoms with van der Waals surface area (Å²) in [5.41, 5.74) is 0.438. The third-order valence-electron chi connectivity index (χ3n) is 2.96. The lowest BCUT2D eigenvalue weighted by Gasteiger charge is -2.22. The fourth-order valence-corrected chi connectivity index (χ4v) is 2.94. The van der Waals surface area contributed by atoms with Gasteiger partial charge in [0.2, 0.25) is 0 Å². The number of rotatable bonds is 2. The minimum absolute atomic E-state index is 0.275. The predicted molar refractivity (Wildman–Crippen MR) is 70.8 cm³/mol. The molecule has 6 heteroatoms. The Morgan fingerprint density at radius 3 is 2.78 bits per heavy atom. The van der Waals surface area contributed by atoms with Crippen molar-refractivity contribution < 1.29 is 14.7 Å². The zero-order valence-corrected chi connectivity index (χ0v) is 11.7. The maximum absolute atomic E-state index is 12.3. The van der Waals surface area contributed by atoms with E-state index in [4.69, 9.17) is 16.7 Å². The van der Waals surface area contributed by atoms with Crippen molar-refractivity contribution in [3.05, 3.63) is 33.3 Å². The quantitative estimate of drug-likeness (QED) is 0.906. The molecule has 0 saturated carbocycles. The van der Waals surface area contributed by atoms with Crippen molar-refractivity contribution in [1.29, 1.82) is 0 Å². The molecule has 0 spiro atoms. The van der Waals surface area contributed by atoms with E-state index in [1.807, 2.05) is 0 Å². The summed E-state index contributed by atoms with van der Waals surface area (Å²) < 4.78 is 0.580. The van der Waals surface area contributed by atoms with Crippen molar-refractivity contribution >= 4 is 39.4 Å². The molecular weight excluding hydrogens is 321 g/mol. The number of carboxylic acid groups (broad SMARTS) is 1. The van der Waals surface area contributed by atoms with Gasteiger partial charge in [-0.15, -0.1) is 0 Å². The Balaban J connectivity index is 2.28. The first kappa shape index (κ1) is 13.4. The Hall–Kier alpha value is -1.07. The van der Waals surface area contributed by atoms with Crippen molar-refractivity contribution in [1.82, 2.24) is 4.90 Å². The van der Waals surface area contributed by atoms with Crippen LogP contribution in [0.1, 0.15) is 23.2 Å². The predicted octanol–water partition coefficient (Wildman–Crippen LogP) is 2.79. The molecule has 18 heavy (non-hydrogen) atoms. The van der Waals surface area contributed by atoms with Crippen LogP contribution in [0.5, 0.6) is 0 Å². The molecule has 1 atom stereocenters. The molecule has 96 valence electrons. The van der Waals surface area contributed by atoms with Crippen molar-refractivity contribution in [2.45, 2.75) is 18.9 Å². The minimum Gasteiger partial charge on any atom is -0.480 e. The second-order valence-corrected chi connectivity index (χ2v) is 5.41. The second kappa shape index (κ2) is 5.28. The van der Waals surface area contributed by atoms with E-state index in [-0.39, 0.29) is 5.91 Å². The Kier molecular flexibility index (Phi) is 3.92. The van der Waals surface area contributed by atoms with Crippen LogP contribution in [0.2, 0.25) is 5.02 Å². The maximum Gasteiger partial charge on any atom is 0.326 e. The van der Waals surface area contributed by atoms with Gasteiger partial charge in [0.15, 0.2) is 0 Å². The summed E-state index contributed by atoms with van der Waals surface area (Å²) in [6.45, 7) is 0.477. The molecule has 1 amide bonds. The van der Waals surface area contributed by atoms with Gasteiger partial charge in [0.05, 0.1) is 5.56 Å². The smallest absolute Gasteiger partial charge is 0.326 e. The van der Waals surface area contributed by atoms with Crippen LogP contribution in [0.25, 0.3) is 0 Å². The second-order valence-electron chi connectivity index (χ2n) is 4.12. The fourth-order valence-electron chi connectivity index (χ4n) is 2.08. The normalized spacial score (nSPS) is 19.0. The number of nitrogens with zero attached hydrogens (tertiary/aromatic N) is 1. The van der Waals surface area contributed by atoms with E-state index in [1.165, 1.54) is 4.90 Å². The molecule has 4 nitrogen and oxygen atoms in total. The number of aliphatic carboxylic acids is 1. The van der Waals surface area contributed by atoms with Crippen LogP contribution in [-0.2, 0) is 4.79 Å². The minimum atomic E-state index is -0.953. The molecule has 1 heterocycles. The van der Waals surface area contributed by atoms with Crippen LogP contribution in [0, 0.1) is 0 Å². The van der Waals surface area contributed by atoms with E-state index in [0.717, 1.165) is 0 Å². The van der Waals surface area contributed by atoms with E-state index >= 15 is 0 Å². The lowest BCUT2D eigenvalue weighted by atomic mass is 10.1. The monoisotopic (exact) mass is 331 g/mol. The Morgan fingerprint density at radius 1 is 1.44 bits per heavy atom. The van der Waals surface area contributed by atoms with E-state index < -0.39 is 12.0 Å². The molecule has 1 saturated heterocycles. The highest BCUT2D eigenvalue weighted by atomic mass is 79.9. The number of hydrogen-bond acceptors (Lipinski definition) is 2. The number of carbonyl (C=O) groups excluding carboxylic acids is 1. The number of carbonyl (C=O) groups is 2. The van der Waals surface area contributed by atoms with Crippen LogP contribution < -0.4 is 0 Å². The fraction of sp³-hybridized carbons (Fsp3) is 0.333. The molecule has 1 fully saturated rings. The molecule has 2 rings (SSSR count). The molecule has 1 aliphatic heterocycles. The zero-order chi connectivity index (χ0) is 13.3. The largest absolute Gasteiger partial charge is 0.480 e. The molecule has 1 unspecified atom stereocenters. The van der Waals surface area contributed by atoms with Gasteiger partial charge in [-0.2, -0.15) is 0 Å². The molecule has 0 aliphatic carbocycles. The standard InChI is InChI=1S/C12H11BrClNO3/c13-9-6-7(14)3-4-8(9)11(16)15-5-1-2-10(15)12(17)18/h3-4,6,10H,1-2,5H2,(H,17,18). The van der Waals surface area contributed by atoms with Gasteiger partial charge in [0, 0.05) is 16.0 Å². The summed E-state index contributed by atoms with van der Waals surface area (Å²) in [5.74, 6) is -1.23. The van der Waals surface area contributed by atoms with Crippen molar-refractivity contribution in [2.75, 3.05) is 6.54 Å². The first-order chi connectivity index (χ1) is 8.50. The topological polar surface area (TPSA) is 57.6 Å². The lowest BCUT2D eigenvalue weighted by Crippen LogP contribution is -2.40. The molecular formula is C12H11BrClNO3. The number of benzene rings is 1. The number of likely N-dealkylation sites (tertiary alicyclic amines) is 1. The van der Waals surface area contributed by atoms with Crippen molar-refractivity contribution in [3.63, 3.8) is 0 Å². The molecule has 1 aliphatic rings. The van der Waals surface area contributed by atoms with Gasteiger partial charge in [0.1, 0.15) is 6.04 Å².